The highest BCUT2D eigenvalue weighted by Gasteiger charge is 2.07. The number of benzene rings is 2. The molecule has 0 aromatic heterocycles. The number of para-hydroxylation sites is 1. The summed E-state index contributed by atoms with van der Waals surface area (Å²) in [5.41, 5.74) is 2.88. The topological polar surface area (TPSA) is 82.3 Å². The molecule has 0 radical (unpaired) electrons. The number of rotatable bonds is 6. The van der Waals surface area contributed by atoms with Crippen molar-refractivity contribution in [2.75, 3.05) is 22.5 Å². The van der Waals surface area contributed by atoms with Crippen molar-refractivity contribution in [2.45, 2.75) is 26.7 Å². The van der Waals surface area contributed by atoms with Gasteiger partial charge in [-0.2, -0.15) is 0 Å². The molecule has 0 fully saturated rings. The molecular weight excluding hydrogens is 316 g/mol. The van der Waals surface area contributed by atoms with Gasteiger partial charge in [-0.1, -0.05) is 37.6 Å². The number of nitrogens with one attached hydrogen (secondary N) is 4. The largest absolute Gasteiger partial charge is 0.338 e. The van der Waals surface area contributed by atoms with Crippen molar-refractivity contribution in [1.82, 2.24) is 5.32 Å². The fourth-order valence-corrected chi connectivity index (χ4v) is 2.19. The lowest BCUT2D eigenvalue weighted by Gasteiger charge is -2.13. The molecule has 0 heterocycles. The van der Waals surface area contributed by atoms with Gasteiger partial charge in [0, 0.05) is 23.6 Å². The van der Waals surface area contributed by atoms with Crippen molar-refractivity contribution in [3.05, 3.63) is 54.1 Å². The summed E-state index contributed by atoms with van der Waals surface area (Å²) in [5.74, 6) is 0. The van der Waals surface area contributed by atoms with Crippen molar-refractivity contribution < 1.29 is 9.59 Å². The molecule has 0 bridgehead atoms. The second kappa shape index (κ2) is 9.32. The number of amides is 4. The summed E-state index contributed by atoms with van der Waals surface area (Å²) in [6.07, 6.45) is 1.96. The van der Waals surface area contributed by atoms with Gasteiger partial charge in [-0.3, -0.25) is 0 Å². The van der Waals surface area contributed by atoms with Crippen LogP contribution in [0.3, 0.4) is 0 Å². The number of aryl methyl sites for hydroxylation is 1. The Hall–Kier alpha value is -3.02. The van der Waals surface area contributed by atoms with Crippen molar-refractivity contribution in [3.8, 4) is 0 Å². The van der Waals surface area contributed by atoms with E-state index in [4.69, 9.17) is 0 Å². The number of carbonyl (C=O) groups is 2. The van der Waals surface area contributed by atoms with Crippen LogP contribution in [-0.2, 0) is 0 Å². The van der Waals surface area contributed by atoms with E-state index in [0.29, 0.717) is 23.6 Å². The van der Waals surface area contributed by atoms with E-state index < -0.39 is 0 Å². The standard InChI is InChI=1S/C19H24N4O2/c1-3-4-12-20-18(24)23-17-13-16(11-10-14(17)2)22-19(25)21-15-8-6-5-7-9-15/h5-11,13H,3-4,12H2,1-2H3,(H2,20,23,24)(H2,21,22,25). The van der Waals surface area contributed by atoms with Gasteiger partial charge >= 0.3 is 12.1 Å². The van der Waals surface area contributed by atoms with E-state index in [1.54, 1.807) is 12.1 Å². The third kappa shape index (κ3) is 6.18. The fraction of sp³-hybridized carbons (Fsp3) is 0.263. The summed E-state index contributed by atoms with van der Waals surface area (Å²) >= 11 is 0. The summed E-state index contributed by atoms with van der Waals surface area (Å²) in [6.45, 7) is 4.60. The fourth-order valence-electron chi connectivity index (χ4n) is 2.19. The zero-order valence-corrected chi connectivity index (χ0v) is 14.6. The Labute approximate surface area is 148 Å². The van der Waals surface area contributed by atoms with Gasteiger partial charge in [0.25, 0.3) is 0 Å². The van der Waals surface area contributed by atoms with Crippen LogP contribution >= 0.6 is 0 Å². The van der Waals surface area contributed by atoms with Gasteiger partial charge in [0.2, 0.25) is 0 Å². The SMILES string of the molecule is CCCCNC(=O)Nc1cc(NC(=O)Nc2ccccc2)ccc1C. The van der Waals surface area contributed by atoms with Gasteiger partial charge in [-0.25, -0.2) is 9.59 Å². The molecule has 0 aliphatic carbocycles. The highest BCUT2D eigenvalue weighted by atomic mass is 16.2. The average molecular weight is 340 g/mol. The van der Waals surface area contributed by atoms with E-state index in [1.165, 1.54) is 0 Å². The van der Waals surface area contributed by atoms with Crippen molar-refractivity contribution in [1.29, 1.82) is 0 Å². The zero-order chi connectivity index (χ0) is 18.1. The molecule has 2 aromatic carbocycles. The summed E-state index contributed by atoms with van der Waals surface area (Å²) in [5, 5.41) is 11.1. The molecule has 132 valence electrons. The minimum Gasteiger partial charge on any atom is -0.338 e. The van der Waals surface area contributed by atoms with Crippen molar-refractivity contribution >= 4 is 29.1 Å². The normalized spacial score (nSPS) is 10.0. The monoisotopic (exact) mass is 340 g/mol. The number of hydrogen-bond acceptors (Lipinski definition) is 2. The first-order chi connectivity index (χ1) is 12.1. The number of urea groups is 2. The highest BCUT2D eigenvalue weighted by molar-refractivity contribution is 6.00. The van der Waals surface area contributed by atoms with Crippen LogP contribution in [0.2, 0.25) is 0 Å². The lowest BCUT2D eigenvalue weighted by molar-refractivity contribution is 0.252. The smallest absolute Gasteiger partial charge is 0.323 e. The van der Waals surface area contributed by atoms with E-state index >= 15 is 0 Å². The molecule has 0 aliphatic heterocycles. The minimum atomic E-state index is -0.339. The number of carbonyl (C=O) groups excluding carboxylic acids is 2. The molecule has 2 aromatic rings. The van der Waals surface area contributed by atoms with E-state index in [2.05, 4.69) is 28.2 Å². The van der Waals surface area contributed by atoms with E-state index in [0.717, 1.165) is 18.4 Å². The van der Waals surface area contributed by atoms with E-state index in [9.17, 15) is 9.59 Å². The molecule has 25 heavy (non-hydrogen) atoms. The second-order valence-corrected chi connectivity index (χ2v) is 5.71. The van der Waals surface area contributed by atoms with Crippen LogP contribution in [0.1, 0.15) is 25.3 Å². The third-order valence-corrected chi connectivity index (χ3v) is 3.59. The van der Waals surface area contributed by atoms with Crippen LogP contribution in [0, 0.1) is 6.92 Å². The Kier molecular flexibility index (Phi) is 6.83. The molecule has 4 amide bonds. The van der Waals surface area contributed by atoms with Crippen molar-refractivity contribution in [3.63, 3.8) is 0 Å². The molecule has 0 saturated heterocycles. The van der Waals surface area contributed by atoms with Gasteiger partial charge in [-0.05, 0) is 43.2 Å². The maximum atomic E-state index is 12.1. The third-order valence-electron chi connectivity index (χ3n) is 3.59. The predicted molar refractivity (Wildman–Crippen MR) is 102 cm³/mol. The van der Waals surface area contributed by atoms with Crippen molar-refractivity contribution in [2.24, 2.45) is 0 Å². The molecule has 0 spiro atoms. The van der Waals surface area contributed by atoms with Gasteiger partial charge in [-0.15, -0.1) is 0 Å². The second-order valence-electron chi connectivity index (χ2n) is 5.71. The maximum Gasteiger partial charge on any atom is 0.323 e. The molecule has 6 heteroatoms. The lowest BCUT2D eigenvalue weighted by Crippen LogP contribution is -2.29. The van der Waals surface area contributed by atoms with Crippen LogP contribution in [0.25, 0.3) is 0 Å². The van der Waals surface area contributed by atoms with Crippen LogP contribution in [-0.4, -0.2) is 18.6 Å². The van der Waals surface area contributed by atoms with Crippen LogP contribution in [0.5, 0.6) is 0 Å². The lowest BCUT2D eigenvalue weighted by atomic mass is 10.2. The highest BCUT2D eigenvalue weighted by Crippen LogP contribution is 2.20. The van der Waals surface area contributed by atoms with Gasteiger partial charge in [0.05, 0.1) is 0 Å². The Morgan fingerprint density at radius 3 is 2.32 bits per heavy atom. The first kappa shape index (κ1) is 18.3. The summed E-state index contributed by atoms with van der Waals surface area (Å²) in [6, 6.07) is 14.0. The van der Waals surface area contributed by atoms with E-state index in [1.807, 2.05) is 43.3 Å². The molecule has 0 saturated carbocycles. The summed E-state index contributed by atoms with van der Waals surface area (Å²) < 4.78 is 0. The molecule has 2 rings (SSSR count). The average Bonchev–Trinajstić information content (AvgIpc) is 2.59. The number of unbranched alkanes of at least 4 members (excludes halogenated alkanes) is 1. The molecule has 0 aliphatic rings. The van der Waals surface area contributed by atoms with Crippen LogP contribution < -0.4 is 21.3 Å². The maximum absolute atomic E-state index is 12.1. The quantitative estimate of drug-likeness (QED) is 0.581. The Balaban J connectivity index is 1.95. The van der Waals surface area contributed by atoms with E-state index in [-0.39, 0.29) is 12.1 Å². The Bertz CT molecular complexity index is 717. The minimum absolute atomic E-state index is 0.248. The van der Waals surface area contributed by atoms with Crippen LogP contribution in [0.15, 0.2) is 48.5 Å². The van der Waals surface area contributed by atoms with Gasteiger partial charge in [0.15, 0.2) is 0 Å². The Morgan fingerprint density at radius 1 is 0.880 bits per heavy atom. The Morgan fingerprint density at radius 2 is 1.60 bits per heavy atom. The number of hydrogen-bond donors (Lipinski definition) is 4. The molecule has 0 unspecified atom stereocenters. The summed E-state index contributed by atoms with van der Waals surface area (Å²) in [4.78, 5) is 23.9. The molecular formula is C19H24N4O2. The van der Waals surface area contributed by atoms with Gasteiger partial charge in [0.1, 0.15) is 0 Å². The number of anilines is 3. The zero-order valence-electron chi connectivity index (χ0n) is 14.6. The van der Waals surface area contributed by atoms with Crippen LogP contribution in [0.4, 0.5) is 26.7 Å². The molecule has 4 N–H and O–H groups in total. The predicted octanol–water partition coefficient (Wildman–Crippen LogP) is 4.56. The molecule has 0 atom stereocenters. The van der Waals surface area contributed by atoms with Gasteiger partial charge < -0.3 is 21.3 Å². The molecule has 6 nitrogen and oxygen atoms in total. The first-order valence-electron chi connectivity index (χ1n) is 8.37. The summed E-state index contributed by atoms with van der Waals surface area (Å²) in [7, 11) is 0. The first-order valence-corrected chi connectivity index (χ1v) is 8.37.